The van der Waals surface area contributed by atoms with Gasteiger partial charge in [0.15, 0.2) is 0 Å². The Kier molecular flexibility index (Phi) is 4.14. The van der Waals surface area contributed by atoms with E-state index in [1.165, 1.54) is 11.6 Å². The lowest BCUT2D eigenvalue weighted by Crippen LogP contribution is -2.07. The highest BCUT2D eigenvalue weighted by atomic mass is 19.1. The summed E-state index contributed by atoms with van der Waals surface area (Å²) in [6.45, 7) is 2.05. The molecule has 0 bridgehead atoms. The maximum atomic E-state index is 14.4. The van der Waals surface area contributed by atoms with Crippen LogP contribution in [0, 0.1) is 25.1 Å². The summed E-state index contributed by atoms with van der Waals surface area (Å²) >= 11 is 0. The number of hydrogen-bond acceptors (Lipinski definition) is 1. The van der Waals surface area contributed by atoms with Crippen LogP contribution in [-0.4, -0.2) is 11.2 Å². The Hall–Kier alpha value is -2.63. The molecule has 0 saturated carbocycles. The predicted octanol–water partition coefficient (Wildman–Crippen LogP) is 4.49. The Bertz CT molecular complexity index is 905. The molecule has 3 aromatic rings. The highest BCUT2D eigenvalue weighted by molar-refractivity contribution is 5.87. The molecule has 1 atom stereocenters. The highest BCUT2D eigenvalue weighted by Gasteiger charge is 2.09. The monoisotopic (exact) mass is 304 g/mol. The maximum Gasteiger partial charge on any atom is 0.131 e. The number of halogens is 1. The van der Waals surface area contributed by atoms with Gasteiger partial charge < -0.3 is 5.11 Å². The Morgan fingerprint density at radius 2 is 1.78 bits per heavy atom. The van der Waals surface area contributed by atoms with Crippen LogP contribution in [0.3, 0.4) is 0 Å². The van der Waals surface area contributed by atoms with Crippen molar-refractivity contribution in [1.82, 2.24) is 0 Å². The van der Waals surface area contributed by atoms with Crippen LogP contribution in [-0.2, 0) is 6.42 Å². The highest BCUT2D eigenvalue weighted by Crippen LogP contribution is 2.28. The van der Waals surface area contributed by atoms with Crippen molar-refractivity contribution >= 4 is 10.8 Å². The lowest BCUT2D eigenvalue weighted by Gasteiger charge is -2.09. The van der Waals surface area contributed by atoms with Crippen LogP contribution in [0.5, 0.6) is 0 Å². The van der Waals surface area contributed by atoms with E-state index >= 15 is 0 Å². The lowest BCUT2D eigenvalue weighted by molar-refractivity contribution is 0.233. The molecule has 0 aliphatic carbocycles. The van der Waals surface area contributed by atoms with Crippen molar-refractivity contribution in [2.45, 2.75) is 19.4 Å². The molecule has 1 nitrogen and oxygen atoms in total. The molecule has 0 radical (unpaired) electrons. The van der Waals surface area contributed by atoms with Gasteiger partial charge in [0.05, 0.1) is 0 Å². The summed E-state index contributed by atoms with van der Waals surface area (Å²) in [5.41, 5.74) is 3.27. The number of fused-ring (bicyclic) bond motifs is 1. The van der Waals surface area contributed by atoms with Crippen molar-refractivity contribution in [3.05, 3.63) is 71.5 Å². The van der Waals surface area contributed by atoms with Crippen LogP contribution >= 0.6 is 0 Å². The van der Waals surface area contributed by atoms with E-state index in [9.17, 15) is 9.50 Å². The first-order valence-electron chi connectivity index (χ1n) is 7.50. The van der Waals surface area contributed by atoms with Crippen LogP contribution in [0.15, 0.2) is 54.6 Å². The fraction of sp³-hybridized carbons (Fsp3) is 0.143. The quantitative estimate of drug-likeness (QED) is 0.707. The van der Waals surface area contributed by atoms with E-state index in [2.05, 4.69) is 18.9 Å². The van der Waals surface area contributed by atoms with Gasteiger partial charge in [0.1, 0.15) is 11.9 Å². The molecule has 2 heteroatoms. The summed E-state index contributed by atoms with van der Waals surface area (Å²) < 4.78 is 14.4. The van der Waals surface area contributed by atoms with Gasteiger partial charge in [0.25, 0.3) is 0 Å². The zero-order chi connectivity index (χ0) is 16.4. The maximum absolute atomic E-state index is 14.4. The smallest absolute Gasteiger partial charge is 0.131 e. The molecule has 114 valence electrons. The zero-order valence-corrected chi connectivity index (χ0v) is 12.9. The number of hydrogen-bond donors (Lipinski definition) is 1. The third kappa shape index (κ3) is 3.26. The summed E-state index contributed by atoms with van der Waals surface area (Å²) in [5, 5.41) is 11.7. The largest absolute Gasteiger partial charge is 0.380 e. The molecule has 0 aromatic heterocycles. The van der Waals surface area contributed by atoms with E-state index in [-0.39, 0.29) is 12.2 Å². The van der Waals surface area contributed by atoms with Crippen molar-refractivity contribution in [3.63, 3.8) is 0 Å². The van der Waals surface area contributed by atoms with Gasteiger partial charge in [-0.15, -0.1) is 6.42 Å². The first-order chi connectivity index (χ1) is 11.1. The van der Waals surface area contributed by atoms with Gasteiger partial charge in [-0.1, -0.05) is 53.9 Å². The molecule has 3 aromatic carbocycles. The minimum atomic E-state index is -0.885. The minimum absolute atomic E-state index is 0.255. The summed E-state index contributed by atoms with van der Waals surface area (Å²) in [7, 11) is 0. The van der Waals surface area contributed by atoms with E-state index in [0.717, 1.165) is 16.3 Å². The molecule has 0 heterocycles. The number of aliphatic hydroxyl groups is 1. The van der Waals surface area contributed by atoms with Crippen LogP contribution in [0.1, 0.15) is 11.1 Å². The van der Waals surface area contributed by atoms with Gasteiger partial charge in [-0.05, 0) is 41.0 Å². The van der Waals surface area contributed by atoms with Crippen molar-refractivity contribution in [1.29, 1.82) is 0 Å². The summed E-state index contributed by atoms with van der Waals surface area (Å²) in [5.74, 6) is 1.93. The number of terminal acetylenes is 1. The average molecular weight is 304 g/mol. The Morgan fingerprint density at radius 1 is 1.04 bits per heavy atom. The number of rotatable bonds is 3. The Labute approximate surface area is 135 Å². The van der Waals surface area contributed by atoms with Gasteiger partial charge >= 0.3 is 0 Å². The van der Waals surface area contributed by atoms with Crippen LogP contribution in [0.2, 0.25) is 0 Å². The van der Waals surface area contributed by atoms with Crippen molar-refractivity contribution < 1.29 is 9.50 Å². The second-order valence-corrected chi connectivity index (χ2v) is 5.77. The first kappa shape index (κ1) is 15.3. The first-order valence-corrected chi connectivity index (χ1v) is 7.50. The molecule has 1 N–H and O–H groups in total. The zero-order valence-electron chi connectivity index (χ0n) is 12.9. The SMILES string of the molecule is C#CC(O)Cc1ccc(-c2ccc3cc(C)ccc3c2)c(F)c1. The molecular formula is C21H17FO. The Morgan fingerprint density at radius 3 is 2.52 bits per heavy atom. The summed E-state index contributed by atoms with van der Waals surface area (Å²) in [4.78, 5) is 0. The van der Waals surface area contributed by atoms with Gasteiger partial charge in [0, 0.05) is 12.0 Å². The third-order valence-electron chi connectivity index (χ3n) is 3.96. The standard InChI is InChI=1S/C21H17FO/c1-3-19(23)11-15-5-9-20(21(22)12-15)18-8-7-16-10-14(2)4-6-17(16)13-18/h1,4-10,12-13,19,23H,11H2,2H3. The third-order valence-corrected chi connectivity index (χ3v) is 3.96. The van der Waals surface area contributed by atoms with Crippen LogP contribution < -0.4 is 0 Å². The molecule has 0 aliphatic rings. The molecule has 0 fully saturated rings. The predicted molar refractivity (Wildman–Crippen MR) is 92.6 cm³/mol. The van der Waals surface area contributed by atoms with Crippen molar-refractivity contribution in [2.75, 3.05) is 0 Å². The topological polar surface area (TPSA) is 20.2 Å². The second kappa shape index (κ2) is 6.24. The fourth-order valence-corrected chi connectivity index (χ4v) is 2.73. The van der Waals surface area contributed by atoms with E-state index in [4.69, 9.17) is 6.42 Å². The van der Waals surface area contributed by atoms with Crippen LogP contribution in [0.25, 0.3) is 21.9 Å². The van der Waals surface area contributed by atoms with Gasteiger partial charge in [-0.25, -0.2) is 4.39 Å². The molecule has 0 amide bonds. The molecular weight excluding hydrogens is 287 g/mol. The molecule has 0 spiro atoms. The minimum Gasteiger partial charge on any atom is -0.380 e. The van der Waals surface area contributed by atoms with E-state index in [1.807, 2.05) is 30.3 Å². The van der Waals surface area contributed by atoms with E-state index in [0.29, 0.717) is 11.1 Å². The molecule has 0 aliphatic heterocycles. The molecule has 3 rings (SSSR count). The number of benzene rings is 3. The normalized spacial score (nSPS) is 12.1. The van der Waals surface area contributed by atoms with E-state index < -0.39 is 6.10 Å². The number of aryl methyl sites for hydroxylation is 1. The van der Waals surface area contributed by atoms with Gasteiger partial charge in [-0.3, -0.25) is 0 Å². The average Bonchev–Trinajstić information content (AvgIpc) is 2.54. The van der Waals surface area contributed by atoms with Crippen molar-refractivity contribution in [2.24, 2.45) is 0 Å². The van der Waals surface area contributed by atoms with Crippen LogP contribution in [0.4, 0.5) is 4.39 Å². The summed E-state index contributed by atoms with van der Waals surface area (Å²) in [6, 6.07) is 17.1. The lowest BCUT2D eigenvalue weighted by atomic mass is 9.98. The molecule has 1 unspecified atom stereocenters. The van der Waals surface area contributed by atoms with Crippen molar-refractivity contribution in [3.8, 4) is 23.5 Å². The molecule has 23 heavy (non-hydrogen) atoms. The van der Waals surface area contributed by atoms with Gasteiger partial charge in [0.2, 0.25) is 0 Å². The summed E-state index contributed by atoms with van der Waals surface area (Å²) in [6.07, 6.45) is 4.52. The fourth-order valence-electron chi connectivity index (χ4n) is 2.73. The number of aliphatic hydroxyl groups excluding tert-OH is 1. The van der Waals surface area contributed by atoms with E-state index in [1.54, 1.807) is 12.1 Å². The van der Waals surface area contributed by atoms with Gasteiger partial charge in [-0.2, -0.15) is 0 Å². The Balaban J connectivity index is 1.98. The second-order valence-electron chi connectivity index (χ2n) is 5.77. The molecule has 0 saturated heterocycles.